The van der Waals surface area contributed by atoms with Crippen molar-refractivity contribution in [3.63, 3.8) is 0 Å². The van der Waals surface area contributed by atoms with E-state index in [9.17, 15) is 14.0 Å². The second-order valence-corrected chi connectivity index (χ2v) is 6.63. The molecule has 0 aliphatic carbocycles. The van der Waals surface area contributed by atoms with Crippen molar-refractivity contribution >= 4 is 27.7 Å². The highest BCUT2D eigenvalue weighted by Gasteiger charge is 2.10. The summed E-state index contributed by atoms with van der Waals surface area (Å²) in [6, 6.07) is 13.0. The summed E-state index contributed by atoms with van der Waals surface area (Å²) in [7, 11) is 0. The zero-order chi connectivity index (χ0) is 18.2. The van der Waals surface area contributed by atoms with E-state index >= 15 is 0 Å². The van der Waals surface area contributed by atoms with Gasteiger partial charge in [-0.1, -0.05) is 28.1 Å². The number of amides is 2. The average molecular weight is 407 g/mol. The van der Waals surface area contributed by atoms with E-state index < -0.39 is 0 Å². The summed E-state index contributed by atoms with van der Waals surface area (Å²) in [6.07, 6.45) is 0.853. The zero-order valence-corrected chi connectivity index (χ0v) is 15.5. The third-order valence-electron chi connectivity index (χ3n) is 3.70. The van der Waals surface area contributed by atoms with Gasteiger partial charge in [-0.2, -0.15) is 0 Å². The van der Waals surface area contributed by atoms with E-state index in [0.29, 0.717) is 24.9 Å². The van der Waals surface area contributed by atoms with Crippen molar-refractivity contribution in [2.24, 2.45) is 0 Å². The lowest BCUT2D eigenvalue weighted by Gasteiger charge is -2.14. The van der Waals surface area contributed by atoms with E-state index in [4.69, 9.17) is 0 Å². The highest BCUT2D eigenvalue weighted by atomic mass is 79.9. The number of carbonyl (C=O) groups is 2. The summed E-state index contributed by atoms with van der Waals surface area (Å²) in [6.45, 7) is 2.31. The fourth-order valence-electron chi connectivity index (χ4n) is 2.33. The Morgan fingerprint density at radius 1 is 1.16 bits per heavy atom. The van der Waals surface area contributed by atoms with Gasteiger partial charge in [-0.05, 0) is 55.3 Å². The summed E-state index contributed by atoms with van der Waals surface area (Å²) >= 11 is 3.41. The molecule has 2 aromatic rings. The number of carbonyl (C=O) groups excluding carboxylic acids is 2. The topological polar surface area (TPSA) is 58.2 Å². The van der Waals surface area contributed by atoms with E-state index in [0.717, 1.165) is 10.0 Å². The Kier molecular flexibility index (Phi) is 7.13. The van der Waals surface area contributed by atoms with Crippen LogP contribution in [-0.4, -0.2) is 18.4 Å². The smallest absolute Gasteiger partial charge is 0.251 e. The average Bonchev–Trinajstić information content (AvgIpc) is 2.59. The van der Waals surface area contributed by atoms with Crippen LogP contribution in [0.2, 0.25) is 0 Å². The van der Waals surface area contributed by atoms with E-state index in [1.165, 1.54) is 24.3 Å². The first kappa shape index (κ1) is 19.1. The first-order valence-corrected chi connectivity index (χ1v) is 8.83. The maximum atomic E-state index is 12.8. The van der Waals surface area contributed by atoms with Gasteiger partial charge in [0.1, 0.15) is 5.82 Å². The standard InChI is InChI=1S/C19H20BrFN2O2/c1-13(15-4-2-5-16(20)12-15)23-18(24)6-3-11-22-19(25)14-7-9-17(21)10-8-14/h2,4-5,7-10,12-13H,3,6,11H2,1H3,(H,22,25)(H,23,24). The Hall–Kier alpha value is -2.21. The first-order chi connectivity index (χ1) is 12.0. The predicted octanol–water partition coefficient (Wildman–Crippen LogP) is 3.98. The van der Waals surface area contributed by atoms with Crippen molar-refractivity contribution in [1.82, 2.24) is 10.6 Å². The molecule has 4 nitrogen and oxygen atoms in total. The largest absolute Gasteiger partial charge is 0.352 e. The lowest BCUT2D eigenvalue weighted by atomic mass is 10.1. The third kappa shape index (κ3) is 6.31. The van der Waals surface area contributed by atoms with E-state index in [2.05, 4.69) is 26.6 Å². The van der Waals surface area contributed by atoms with Crippen molar-refractivity contribution in [3.8, 4) is 0 Å². The van der Waals surface area contributed by atoms with Crippen molar-refractivity contribution in [3.05, 3.63) is 69.9 Å². The summed E-state index contributed by atoms with van der Waals surface area (Å²) in [5.74, 6) is -0.723. The van der Waals surface area contributed by atoms with E-state index in [1.807, 2.05) is 31.2 Å². The molecule has 1 atom stereocenters. The van der Waals surface area contributed by atoms with Crippen LogP contribution >= 0.6 is 15.9 Å². The molecule has 132 valence electrons. The lowest BCUT2D eigenvalue weighted by molar-refractivity contribution is -0.121. The Morgan fingerprint density at radius 3 is 2.56 bits per heavy atom. The van der Waals surface area contributed by atoms with Gasteiger partial charge in [-0.25, -0.2) is 4.39 Å². The van der Waals surface area contributed by atoms with Crippen LogP contribution in [0.25, 0.3) is 0 Å². The minimum absolute atomic E-state index is 0.0662. The van der Waals surface area contributed by atoms with Gasteiger partial charge in [0.05, 0.1) is 6.04 Å². The minimum atomic E-state index is -0.382. The first-order valence-electron chi connectivity index (χ1n) is 8.04. The third-order valence-corrected chi connectivity index (χ3v) is 4.19. The highest BCUT2D eigenvalue weighted by Crippen LogP contribution is 2.17. The van der Waals surface area contributed by atoms with Crippen molar-refractivity contribution in [1.29, 1.82) is 0 Å². The molecule has 2 N–H and O–H groups in total. The Bertz CT molecular complexity index is 734. The summed E-state index contributed by atoms with van der Waals surface area (Å²) in [4.78, 5) is 23.8. The number of hydrogen-bond donors (Lipinski definition) is 2. The van der Waals surface area contributed by atoms with Crippen LogP contribution in [-0.2, 0) is 4.79 Å². The zero-order valence-electron chi connectivity index (χ0n) is 13.9. The van der Waals surface area contributed by atoms with Crippen LogP contribution in [0.5, 0.6) is 0 Å². The molecule has 2 amide bonds. The van der Waals surface area contributed by atoms with Crippen molar-refractivity contribution in [2.75, 3.05) is 6.54 Å². The fraction of sp³-hybridized carbons (Fsp3) is 0.263. The number of hydrogen-bond acceptors (Lipinski definition) is 2. The molecule has 0 saturated heterocycles. The van der Waals surface area contributed by atoms with Gasteiger partial charge >= 0.3 is 0 Å². The molecule has 0 radical (unpaired) electrons. The van der Waals surface area contributed by atoms with Gasteiger partial charge < -0.3 is 10.6 Å². The molecule has 0 spiro atoms. The number of benzene rings is 2. The molecular weight excluding hydrogens is 387 g/mol. The molecule has 0 aliphatic heterocycles. The number of nitrogens with one attached hydrogen (secondary N) is 2. The monoisotopic (exact) mass is 406 g/mol. The molecule has 6 heteroatoms. The summed E-state index contributed by atoms with van der Waals surface area (Å²) in [5.41, 5.74) is 1.42. The number of rotatable bonds is 7. The second kappa shape index (κ2) is 9.32. The molecule has 2 rings (SSSR count). The lowest BCUT2D eigenvalue weighted by Crippen LogP contribution is -2.29. The molecule has 0 bridgehead atoms. The SMILES string of the molecule is CC(NC(=O)CCCNC(=O)c1ccc(F)cc1)c1cccc(Br)c1. The minimum Gasteiger partial charge on any atom is -0.352 e. The normalized spacial score (nSPS) is 11.6. The maximum Gasteiger partial charge on any atom is 0.251 e. The van der Waals surface area contributed by atoms with Crippen LogP contribution in [0.15, 0.2) is 53.0 Å². The maximum absolute atomic E-state index is 12.8. The van der Waals surface area contributed by atoms with Crippen LogP contribution in [0.4, 0.5) is 4.39 Å². The fourth-order valence-corrected chi connectivity index (χ4v) is 2.74. The molecule has 0 heterocycles. The summed E-state index contributed by atoms with van der Waals surface area (Å²) < 4.78 is 13.8. The van der Waals surface area contributed by atoms with Crippen LogP contribution in [0.3, 0.4) is 0 Å². The number of halogens is 2. The molecule has 0 aliphatic rings. The molecule has 2 aromatic carbocycles. The molecular formula is C19H20BrFN2O2. The van der Waals surface area contributed by atoms with Crippen LogP contribution < -0.4 is 10.6 Å². The molecule has 0 fully saturated rings. The van der Waals surface area contributed by atoms with Gasteiger partial charge in [-0.15, -0.1) is 0 Å². The highest BCUT2D eigenvalue weighted by molar-refractivity contribution is 9.10. The second-order valence-electron chi connectivity index (χ2n) is 5.71. The van der Waals surface area contributed by atoms with E-state index in [1.54, 1.807) is 0 Å². The van der Waals surface area contributed by atoms with Gasteiger partial charge in [0.15, 0.2) is 0 Å². The molecule has 0 aromatic heterocycles. The quantitative estimate of drug-likeness (QED) is 0.683. The van der Waals surface area contributed by atoms with Gasteiger partial charge in [0.2, 0.25) is 5.91 Å². The van der Waals surface area contributed by atoms with Crippen LogP contribution in [0, 0.1) is 5.82 Å². The van der Waals surface area contributed by atoms with Gasteiger partial charge in [-0.3, -0.25) is 9.59 Å². The van der Waals surface area contributed by atoms with E-state index in [-0.39, 0.29) is 23.7 Å². The van der Waals surface area contributed by atoms with Crippen molar-refractivity contribution < 1.29 is 14.0 Å². The predicted molar refractivity (Wildman–Crippen MR) is 98.7 cm³/mol. The molecule has 25 heavy (non-hydrogen) atoms. The van der Waals surface area contributed by atoms with Crippen LogP contribution in [0.1, 0.15) is 41.7 Å². The Balaban J connectivity index is 1.70. The summed E-state index contributed by atoms with van der Waals surface area (Å²) in [5, 5.41) is 5.65. The Labute approximate surface area is 154 Å². The van der Waals surface area contributed by atoms with Gasteiger partial charge in [0.25, 0.3) is 5.91 Å². The van der Waals surface area contributed by atoms with Gasteiger partial charge in [0, 0.05) is 23.0 Å². The molecule has 0 saturated carbocycles. The van der Waals surface area contributed by atoms with Crippen molar-refractivity contribution in [2.45, 2.75) is 25.8 Å². The Morgan fingerprint density at radius 2 is 1.88 bits per heavy atom. The molecule has 1 unspecified atom stereocenters.